The Labute approximate surface area is 139 Å². The van der Waals surface area contributed by atoms with E-state index in [9.17, 15) is 29.6 Å². The Morgan fingerprint density at radius 3 is 2.32 bits per heavy atom. The third-order valence-electron chi connectivity index (χ3n) is 3.02. The Morgan fingerprint density at radius 2 is 1.84 bits per heavy atom. The molecule has 0 aromatic heterocycles. The Balaban J connectivity index is 2.38. The number of benzene rings is 1. The molecule has 0 aliphatic carbocycles. The molecule has 0 bridgehead atoms. The van der Waals surface area contributed by atoms with Gasteiger partial charge in [0.25, 0.3) is 5.79 Å². The van der Waals surface area contributed by atoms with Crippen molar-refractivity contribution in [2.24, 2.45) is 0 Å². The second kappa shape index (κ2) is 6.11. The molecule has 1 aromatic carbocycles. The smallest absolute Gasteiger partial charge is 0.350 e. The van der Waals surface area contributed by atoms with Crippen molar-refractivity contribution in [3.63, 3.8) is 0 Å². The summed E-state index contributed by atoms with van der Waals surface area (Å²) in [6.07, 6.45) is 0.863. The minimum Gasteiger partial charge on any atom is -0.501 e. The summed E-state index contributed by atoms with van der Waals surface area (Å²) < 4.78 is 9.71. The van der Waals surface area contributed by atoms with Crippen LogP contribution in [0.3, 0.4) is 0 Å². The number of carbonyl (C=O) groups is 3. The van der Waals surface area contributed by atoms with Gasteiger partial charge in [-0.2, -0.15) is 0 Å². The summed E-state index contributed by atoms with van der Waals surface area (Å²) in [5.74, 6) is -6.02. The zero-order chi connectivity index (χ0) is 18.9. The summed E-state index contributed by atoms with van der Waals surface area (Å²) in [6.45, 7) is 2.71. The molecule has 0 atom stereocenters. The van der Waals surface area contributed by atoms with E-state index in [1.54, 1.807) is 0 Å². The molecule has 0 unspecified atom stereocenters. The first-order chi connectivity index (χ1) is 11.5. The van der Waals surface area contributed by atoms with Crippen molar-refractivity contribution in [1.82, 2.24) is 0 Å². The highest BCUT2D eigenvalue weighted by Gasteiger charge is 2.39. The standard InChI is InChI=1S/C14H12N2O9/c1-14(2)24-12(20)8(13(21)25-14)5-15-6-3-7(11(18)19)10(17)9(4-6)16(22)23/h3-5,15,17H,1-2H3,(H,18,19). The van der Waals surface area contributed by atoms with Gasteiger partial charge in [0.2, 0.25) is 5.75 Å². The van der Waals surface area contributed by atoms with Gasteiger partial charge in [0.15, 0.2) is 5.57 Å². The Hall–Kier alpha value is -3.63. The highest BCUT2D eigenvalue weighted by molar-refractivity contribution is 6.15. The van der Waals surface area contributed by atoms with Crippen molar-refractivity contribution in [1.29, 1.82) is 0 Å². The van der Waals surface area contributed by atoms with E-state index in [2.05, 4.69) is 5.32 Å². The van der Waals surface area contributed by atoms with Crippen molar-refractivity contribution in [2.45, 2.75) is 19.6 Å². The number of nitrogens with one attached hydrogen (secondary N) is 1. The van der Waals surface area contributed by atoms with Gasteiger partial charge in [0.05, 0.1) is 4.92 Å². The van der Waals surface area contributed by atoms with Crippen LogP contribution in [0.2, 0.25) is 0 Å². The van der Waals surface area contributed by atoms with Gasteiger partial charge in [0, 0.05) is 31.8 Å². The first kappa shape index (κ1) is 17.7. The number of carboxylic acids is 1. The molecule has 11 heteroatoms. The second-order valence-electron chi connectivity index (χ2n) is 5.34. The molecular weight excluding hydrogens is 340 g/mol. The molecule has 0 spiro atoms. The molecule has 25 heavy (non-hydrogen) atoms. The number of cyclic esters (lactones) is 2. The zero-order valence-electron chi connectivity index (χ0n) is 12.9. The van der Waals surface area contributed by atoms with Crippen molar-refractivity contribution in [3.05, 3.63) is 39.6 Å². The molecule has 1 fully saturated rings. The maximum absolute atomic E-state index is 11.8. The molecular formula is C14H12N2O9. The molecule has 1 aromatic rings. The Bertz CT molecular complexity index is 769. The topological polar surface area (TPSA) is 165 Å². The molecule has 0 amide bonds. The second-order valence-corrected chi connectivity index (χ2v) is 5.34. The number of rotatable bonds is 4. The molecule has 1 heterocycles. The van der Waals surface area contributed by atoms with E-state index < -0.39 is 51.2 Å². The molecule has 0 saturated carbocycles. The van der Waals surface area contributed by atoms with Crippen LogP contribution in [0.15, 0.2) is 23.9 Å². The van der Waals surface area contributed by atoms with Crippen molar-refractivity contribution in [2.75, 3.05) is 5.32 Å². The van der Waals surface area contributed by atoms with E-state index in [1.807, 2.05) is 0 Å². The van der Waals surface area contributed by atoms with Crippen molar-refractivity contribution < 1.29 is 39.0 Å². The number of nitrogens with zero attached hydrogens (tertiary/aromatic N) is 1. The number of anilines is 1. The number of aromatic carboxylic acids is 1. The molecule has 1 saturated heterocycles. The molecule has 1 aliphatic rings. The third-order valence-corrected chi connectivity index (χ3v) is 3.02. The Kier molecular flexibility index (Phi) is 4.33. The fourth-order valence-corrected chi connectivity index (χ4v) is 1.94. The van der Waals surface area contributed by atoms with Crippen LogP contribution in [-0.2, 0) is 19.1 Å². The molecule has 3 N–H and O–H groups in total. The van der Waals surface area contributed by atoms with E-state index >= 15 is 0 Å². The van der Waals surface area contributed by atoms with Crippen LogP contribution >= 0.6 is 0 Å². The number of esters is 2. The summed E-state index contributed by atoms with van der Waals surface area (Å²) in [4.78, 5) is 44.5. The minimum absolute atomic E-state index is 0.153. The number of hydrogen-bond donors (Lipinski definition) is 3. The van der Waals surface area contributed by atoms with Crippen LogP contribution in [0.4, 0.5) is 11.4 Å². The quantitative estimate of drug-likeness (QED) is 0.178. The zero-order valence-corrected chi connectivity index (χ0v) is 12.9. The average Bonchev–Trinajstić information content (AvgIpc) is 2.45. The summed E-state index contributed by atoms with van der Waals surface area (Å²) in [5, 5.41) is 31.8. The Morgan fingerprint density at radius 1 is 1.28 bits per heavy atom. The average molecular weight is 352 g/mol. The fourth-order valence-electron chi connectivity index (χ4n) is 1.94. The highest BCUT2D eigenvalue weighted by Crippen LogP contribution is 2.33. The summed E-state index contributed by atoms with van der Waals surface area (Å²) >= 11 is 0. The van der Waals surface area contributed by atoms with Gasteiger partial charge < -0.3 is 25.0 Å². The normalized spacial score (nSPS) is 15.8. The van der Waals surface area contributed by atoms with Crippen LogP contribution in [0.1, 0.15) is 24.2 Å². The number of hydrogen-bond acceptors (Lipinski definition) is 9. The lowest BCUT2D eigenvalue weighted by Crippen LogP contribution is -2.42. The van der Waals surface area contributed by atoms with Crippen molar-refractivity contribution in [3.8, 4) is 5.75 Å². The molecule has 0 radical (unpaired) electrons. The van der Waals surface area contributed by atoms with Gasteiger partial charge in [-0.1, -0.05) is 0 Å². The summed E-state index contributed by atoms with van der Waals surface area (Å²) in [7, 11) is 0. The lowest BCUT2D eigenvalue weighted by atomic mass is 10.1. The van der Waals surface area contributed by atoms with Gasteiger partial charge in [-0.15, -0.1) is 0 Å². The van der Waals surface area contributed by atoms with E-state index in [1.165, 1.54) is 13.8 Å². The van der Waals surface area contributed by atoms with Crippen LogP contribution in [0.5, 0.6) is 5.75 Å². The minimum atomic E-state index is -1.60. The van der Waals surface area contributed by atoms with Crippen molar-refractivity contribution >= 4 is 29.3 Å². The monoisotopic (exact) mass is 352 g/mol. The van der Waals surface area contributed by atoms with Crippen LogP contribution in [-0.4, -0.2) is 38.8 Å². The van der Waals surface area contributed by atoms with E-state index in [0.29, 0.717) is 0 Å². The van der Waals surface area contributed by atoms with Gasteiger partial charge in [0.1, 0.15) is 5.56 Å². The molecule has 11 nitrogen and oxygen atoms in total. The maximum Gasteiger partial charge on any atom is 0.350 e. The highest BCUT2D eigenvalue weighted by atomic mass is 16.7. The number of carboxylic acid groups (broad SMARTS) is 1. The largest absolute Gasteiger partial charge is 0.501 e. The number of carbonyl (C=O) groups excluding carboxylic acids is 2. The van der Waals surface area contributed by atoms with Crippen LogP contribution in [0.25, 0.3) is 0 Å². The predicted octanol–water partition coefficient (Wildman–Crippen LogP) is 1.13. The van der Waals surface area contributed by atoms with Gasteiger partial charge in [-0.3, -0.25) is 10.1 Å². The van der Waals surface area contributed by atoms with Gasteiger partial charge >= 0.3 is 23.6 Å². The SMILES string of the molecule is CC1(C)OC(=O)C(=CNc2cc(C(=O)O)c(O)c([N+](=O)[O-])c2)C(=O)O1. The van der Waals surface area contributed by atoms with Gasteiger partial charge in [-0.05, 0) is 6.07 Å². The number of phenols is 1. The molecule has 1 aliphatic heterocycles. The van der Waals surface area contributed by atoms with E-state index in [0.717, 1.165) is 18.3 Å². The lowest BCUT2D eigenvalue weighted by Gasteiger charge is -2.29. The first-order valence-corrected chi connectivity index (χ1v) is 6.70. The molecule has 2 rings (SSSR count). The van der Waals surface area contributed by atoms with Gasteiger partial charge in [-0.25, -0.2) is 14.4 Å². The fraction of sp³-hybridized carbons (Fsp3) is 0.214. The molecule has 132 valence electrons. The maximum atomic E-state index is 11.8. The van der Waals surface area contributed by atoms with E-state index in [-0.39, 0.29) is 5.69 Å². The predicted molar refractivity (Wildman–Crippen MR) is 79.7 cm³/mol. The third kappa shape index (κ3) is 3.65. The lowest BCUT2D eigenvalue weighted by molar-refractivity contribution is -0.385. The number of nitro benzene ring substituents is 1. The van der Waals surface area contributed by atoms with Crippen LogP contribution < -0.4 is 5.32 Å². The summed E-state index contributed by atoms with van der Waals surface area (Å²) in [6, 6.07) is 1.73. The van der Waals surface area contributed by atoms with Crippen LogP contribution in [0, 0.1) is 10.1 Å². The number of nitro groups is 1. The summed E-state index contributed by atoms with van der Waals surface area (Å²) in [5.41, 5.74) is -2.27. The number of ether oxygens (including phenoxy) is 2. The van der Waals surface area contributed by atoms with E-state index in [4.69, 9.17) is 14.6 Å². The first-order valence-electron chi connectivity index (χ1n) is 6.70. The number of aromatic hydroxyl groups is 1.